The number of rotatable bonds is 5. The lowest BCUT2D eigenvalue weighted by molar-refractivity contribution is -0.117. The number of hydrogen-bond acceptors (Lipinski definition) is 4. The predicted molar refractivity (Wildman–Crippen MR) is 93.9 cm³/mol. The van der Waals surface area contributed by atoms with E-state index in [1.165, 1.54) is 0 Å². The summed E-state index contributed by atoms with van der Waals surface area (Å²) in [5, 5.41) is 6.97. The van der Waals surface area contributed by atoms with Gasteiger partial charge in [-0.3, -0.25) is 9.59 Å². The summed E-state index contributed by atoms with van der Waals surface area (Å²) in [7, 11) is 0. The molecule has 2 N–H and O–H groups in total. The number of furan rings is 1. The maximum atomic E-state index is 11.9. The van der Waals surface area contributed by atoms with Crippen molar-refractivity contribution < 1.29 is 14.0 Å². The van der Waals surface area contributed by atoms with Gasteiger partial charge in [0.25, 0.3) is 0 Å². The fraction of sp³-hybridized carbons (Fsp3) is 0.235. The van der Waals surface area contributed by atoms with Gasteiger partial charge in [0.2, 0.25) is 5.91 Å². The molecule has 1 aliphatic rings. The third-order valence-corrected chi connectivity index (χ3v) is 4.04. The lowest BCUT2D eigenvalue weighted by Crippen LogP contribution is -2.19. The van der Waals surface area contributed by atoms with Gasteiger partial charge in [-0.05, 0) is 65.5 Å². The number of nitrogens with one attached hydrogen (secondary N) is 2. The van der Waals surface area contributed by atoms with Crippen LogP contribution in [0.1, 0.15) is 35.9 Å². The predicted octanol–water partition coefficient (Wildman–Crippen LogP) is 3.54. The van der Waals surface area contributed by atoms with Crippen LogP contribution in [-0.2, 0) is 4.79 Å². The molecule has 7 heteroatoms. The van der Waals surface area contributed by atoms with Crippen LogP contribution in [0.25, 0.3) is 0 Å². The van der Waals surface area contributed by atoms with Crippen LogP contribution in [0, 0.1) is 5.92 Å². The Hall–Kier alpha value is -2.41. The monoisotopic (exact) mass is 389 g/mol. The van der Waals surface area contributed by atoms with E-state index >= 15 is 0 Å². The minimum absolute atomic E-state index is 0.0541. The van der Waals surface area contributed by atoms with Crippen molar-refractivity contribution in [3.05, 3.63) is 52.4 Å². The van der Waals surface area contributed by atoms with Gasteiger partial charge in [0.15, 0.2) is 10.4 Å². The first-order valence-electron chi connectivity index (χ1n) is 7.54. The lowest BCUT2D eigenvalue weighted by atomic mass is 10.1. The molecule has 6 nitrogen and oxygen atoms in total. The second-order valence-corrected chi connectivity index (χ2v) is 6.37. The van der Waals surface area contributed by atoms with Crippen molar-refractivity contribution in [2.45, 2.75) is 19.8 Å². The molecule has 1 heterocycles. The standard InChI is InChI=1S/C17H16BrN3O3/c1-10(20-21-17(23)14-7-8-15(18)24-14)12-3-2-4-13(9-12)19-16(22)11-5-6-11/h2-4,7-9,11H,5-6H2,1H3,(H,19,22)(H,21,23). The Kier molecular flexibility index (Phi) is 4.80. The first kappa shape index (κ1) is 16.4. The van der Waals surface area contributed by atoms with Crippen LogP contribution in [0.4, 0.5) is 5.69 Å². The highest BCUT2D eigenvalue weighted by Gasteiger charge is 2.29. The third-order valence-electron chi connectivity index (χ3n) is 3.62. The molecule has 0 aliphatic heterocycles. The molecule has 24 heavy (non-hydrogen) atoms. The summed E-state index contributed by atoms with van der Waals surface area (Å²) in [6.45, 7) is 1.78. The van der Waals surface area contributed by atoms with Gasteiger partial charge in [-0.2, -0.15) is 5.10 Å². The highest BCUT2D eigenvalue weighted by molar-refractivity contribution is 9.10. The molecule has 0 bridgehead atoms. The van der Waals surface area contributed by atoms with Gasteiger partial charge in [-0.1, -0.05) is 12.1 Å². The maximum Gasteiger partial charge on any atom is 0.307 e. The van der Waals surface area contributed by atoms with Crippen LogP contribution in [0.15, 0.2) is 50.6 Å². The van der Waals surface area contributed by atoms with Gasteiger partial charge < -0.3 is 9.73 Å². The zero-order chi connectivity index (χ0) is 17.1. The summed E-state index contributed by atoms with van der Waals surface area (Å²) >= 11 is 3.14. The van der Waals surface area contributed by atoms with E-state index in [0.29, 0.717) is 10.4 Å². The Bertz CT molecular complexity index is 809. The zero-order valence-electron chi connectivity index (χ0n) is 13.0. The molecule has 124 valence electrons. The summed E-state index contributed by atoms with van der Waals surface area (Å²) in [6, 6.07) is 10.5. The Morgan fingerprint density at radius 1 is 1.25 bits per heavy atom. The van der Waals surface area contributed by atoms with Gasteiger partial charge in [-0.25, -0.2) is 5.43 Å². The fourth-order valence-electron chi connectivity index (χ4n) is 2.10. The van der Waals surface area contributed by atoms with E-state index in [2.05, 4.69) is 31.8 Å². The van der Waals surface area contributed by atoms with Crippen LogP contribution in [0.5, 0.6) is 0 Å². The molecule has 2 amide bonds. The Morgan fingerprint density at radius 2 is 2.04 bits per heavy atom. The maximum absolute atomic E-state index is 11.9. The quantitative estimate of drug-likeness (QED) is 0.605. The van der Waals surface area contributed by atoms with Crippen LogP contribution in [-0.4, -0.2) is 17.5 Å². The highest BCUT2D eigenvalue weighted by atomic mass is 79.9. The highest BCUT2D eigenvalue weighted by Crippen LogP contribution is 2.30. The van der Waals surface area contributed by atoms with Gasteiger partial charge >= 0.3 is 5.91 Å². The Labute approximate surface area is 147 Å². The number of nitrogens with zero attached hydrogens (tertiary/aromatic N) is 1. The van der Waals surface area contributed by atoms with Crippen LogP contribution in [0.2, 0.25) is 0 Å². The van der Waals surface area contributed by atoms with E-state index in [0.717, 1.165) is 24.1 Å². The summed E-state index contributed by atoms with van der Waals surface area (Å²) in [4.78, 5) is 23.7. The molecular weight excluding hydrogens is 374 g/mol. The van der Waals surface area contributed by atoms with E-state index in [4.69, 9.17) is 4.42 Å². The molecule has 0 atom stereocenters. The topological polar surface area (TPSA) is 83.7 Å². The number of hydrogen-bond donors (Lipinski definition) is 2. The van der Waals surface area contributed by atoms with Crippen LogP contribution in [0.3, 0.4) is 0 Å². The van der Waals surface area contributed by atoms with Crippen molar-refractivity contribution >= 4 is 39.1 Å². The number of amides is 2. The molecule has 1 aromatic heterocycles. The molecule has 1 fully saturated rings. The van der Waals surface area contributed by atoms with Crippen molar-refractivity contribution in [3.63, 3.8) is 0 Å². The fourth-order valence-corrected chi connectivity index (χ4v) is 2.41. The van der Waals surface area contributed by atoms with E-state index in [9.17, 15) is 9.59 Å². The molecule has 2 aromatic rings. The molecule has 0 unspecified atom stereocenters. The number of hydrazone groups is 1. The largest absolute Gasteiger partial charge is 0.444 e. The molecule has 1 saturated carbocycles. The zero-order valence-corrected chi connectivity index (χ0v) is 14.6. The molecule has 0 saturated heterocycles. The normalized spacial score (nSPS) is 14.3. The van der Waals surface area contributed by atoms with E-state index < -0.39 is 5.91 Å². The average molecular weight is 390 g/mol. The van der Waals surface area contributed by atoms with Crippen molar-refractivity contribution in [1.82, 2.24) is 5.43 Å². The first-order valence-corrected chi connectivity index (χ1v) is 8.33. The van der Waals surface area contributed by atoms with Crippen molar-refractivity contribution in [2.75, 3.05) is 5.32 Å². The smallest absolute Gasteiger partial charge is 0.307 e. The van der Waals surface area contributed by atoms with Crippen molar-refractivity contribution in [1.29, 1.82) is 0 Å². The first-order chi connectivity index (χ1) is 11.5. The summed E-state index contributed by atoms with van der Waals surface area (Å²) in [5.74, 6) is -0.0594. The van der Waals surface area contributed by atoms with E-state index in [-0.39, 0.29) is 17.6 Å². The van der Waals surface area contributed by atoms with Crippen molar-refractivity contribution in [3.8, 4) is 0 Å². The van der Waals surface area contributed by atoms with E-state index in [1.54, 1.807) is 19.1 Å². The minimum atomic E-state index is -0.432. The van der Waals surface area contributed by atoms with Crippen LogP contribution < -0.4 is 10.7 Å². The number of halogens is 1. The third kappa shape index (κ3) is 4.11. The molecule has 1 aliphatic carbocycles. The molecule has 0 spiro atoms. The van der Waals surface area contributed by atoms with E-state index in [1.807, 2.05) is 24.3 Å². The molecular formula is C17H16BrN3O3. The summed E-state index contributed by atoms with van der Waals surface area (Å²) < 4.78 is 5.64. The number of anilines is 1. The number of carbonyl (C=O) groups is 2. The van der Waals surface area contributed by atoms with Crippen LogP contribution >= 0.6 is 15.9 Å². The molecule has 3 rings (SSSR count). The second-order valence-electron chi connectivity index (χ2n) is 5.59. The summed E-state index contributed by atoms with van der Waals surface area (Å²) in [6.07, 6.45) is 1.92. The number of benzene rings is 1. The van der Waals surface area contributed by atoms with Gasteiger partial charge in [0, 0.05) is 11.6 Å². The Balaban J connectivity index is 1.66. The molecule has 0 radical (unpaired) electrons. The second kappa shape index (κ2) is 7.00. The molecule has 1 aromatic carbocycles. The van der Waals surface area contributed by atoms with Gasteiger partial charge in [-0.15, -0.1) is 0 Å². The number of carbonyl (C=O) groups excluding carboxylic acids is 2. The summed E-state index contributed by atoms with van der Waals surface area (Å²) in [5.41, 5.74) is 4.60. The lowest BCUT2D eigenvalue weighted by Gasteiger charge is -2.07. The van der Waals surface area contributed by atoms with Crippen molar-refractivity contribution in [2.24, 2.45) is 11.0 Å². The minimum Gasteiger partial charge on any atom is -0.444 e. The Morgan fingerprint density at radius 3 is 2.71 bits per heavy atom. The van der Waals surface area contributed by atoms with Gasteiger partial charge in [0.1, 0.15) is 0 Å². The average Bonchev–Trinajstić information content (AvgIpc) is 3.34. The van der Waals surface area contributed by atoms with Gasteiger partial charge in [0.05, 0.1) is 5.71 Å². The SMILES string of the molecule is CC(=NNC(=O)c1ccc(Br)o1)c1cccc(NC(=O)C2CC2)c1.